The third-order valence-electron chi connectivity index (χ3n) is 5.02. The number of carbonyl (C=O) groups is 2. The van der Waals surface area contributed by atoms with E-state index in [4.69, 9.17) is 0 Å². The number of anilines is 1. The molecule has 1 aliphatic rings. The second-order valence-electron chi connectivity index (χ2n) is 7.20. The molecule has 0 atom stereocenters. The number of nitrogens with one attached hydrogen (secondary N) is 1. The second-order valence-corrected chi connectivity index (χ2v) is 9.14. The topological polar surface area (TPSA) is 83.5 Å². The molecule has 0 aliphatic carbocycles. The summed E-state index contributed by atoms with van der Waals surface area (Å²) in [5, 5.41) is 2.73. The Morgan fingerprint density at radius 2 is 1.64 bits per heavy atom. The summed E-state index contributed by atoms with van der Waals surface area (Å²) in [7, 11) is -3.54. The minimum absolute atomic E-state index is 0.0854. The van der Waals surface area contributed by atoms with E-state index in [0.29, 0.717) is 35.8 Å². The molecule has 2 aromatic rings. The van der Waals surface area contributed by atoms with E-state index in [9.17, 15) is 18.0 Å². The van der Waals surface area contributed by atoms with E-state index in [-0.39, 0.29) is 16.6 Å². The van der Waals surface area contributed by atoms with Gasteiger partial charge in [0.2, 0.25) is 10.0 Å². The van der Waals surface area contributed by atoms with E-state index in [0.717, 1.165) is 12.8 Å². The van der Waals surface area contributed by atoms with Gasteiger partial charge in [0.15, 0.2) is 5.78 Å². The highest BCUT2D eigenvalue weighted by Gasteiger charge is 2.28. The highest BCUT2D eigenvalue weighted by Crippen LogP contribution is 2.24. The second kappa shape index (κ2) is 8.24. The van der Waals surface area contributed by atoms with Gasteiger partial charge in [-0.1, -0.05) is 19.1 Å². The van der Waals surface area contributed by atoms with Gasteiger partial charge in [0.1, 0.15) is 0 Å². The fourth-order valence-electron chi connectivity index (χ4n) is 3.17. The van der Waals surface area contributed by atoms with Crippen LogP contribution in [0.3, 0.4) is 0 Å². The molecule has 3 rings (SSSR count). The van der Waals surface area contributed by atoms with Crippen LogP contribution in [-0.2, 0) is 10.0 Å². The van der Waals surface area contributed by atoms with Gasteiger partial charge in [0, 0.05) is 29.9 Å². The maximum absolute atomic E-state index is 12.8. The van der Waals surface area contributed by atoms with Crippen LogP contribution in [0.25, 0.3) is 0 Å². The summed E-state index contributed by atoms with van der Waals surface area (Å²) < 4.78 is 27.0. The molecule has 1 saturated heterocycles. The standard InChI is InChI=1S/C21H24N2O4S/c1-15-10-12-23(13-11-15)28(26,27)20-8-6-17(7-9-20)21(25)22-19-5-3-4-18(14-19)16(2)24/h3-9,14-15H,10-13H2,1-2H3,(H,22,25). The minimum atomic E-state index is -3.54. The lowest BCUT2D eigenvalue weighted by atomic mass is 10.0. The summed E-state index contributed by atoms with van der Waals surface area (Å²) in [6, 6.07) is 12.6. The van der Waals surface area contributed by atoms with Crippen molar-refractivity contribution in [2.75, 3.05) is 18.4 Å². The summed E-state index contributed by atoms with van der Waals surface area (Å²) in [4.78, 5) is 24.1. The summed E-state index contributed by atoms with van der Waals surface area (Å²) in [5.74, 6) is 0.0910. The number of piperidine rings is 1. The summed E-state index contributed by atoms with van der Waals surface area (Å²) in [5.41, 5.74) is 1.37. The van der Waals surface area contributed by atoms with E-state index in [1.165, 1.54) is 35.5 Å². The van der Waals surface area contributed by atoms with Gasteiger partial charge in [0.05, 0.1) is 4.90 Å². The molecule has 0 aromatic heterocycles. The van der Waals surface area contributed by atoms with E-state index in [1.807, 2.05) is 0 Å². The molecule has 1 heterocycles. The lowest BCUT2D eigenvalue weighted by molar-refractivity contribution is 0.101. The fraction of sp³-hybridized carbons (Fsp3) is 0.333. The molecule has 28 heavy (non-hydrogen) atoms. The van der Waals surface area contributed by atoms with E-state index in [2.05, 4.69) is 12.2 Å². The van der Waals surface area contributed by atoms with Crippen molar-refractivity contribution in [2.45, 2.75) is 31.6 Å². The van der Waals surface area contributed by atoms with Crippen molar-refractivity contribution in [1.29, 1.82) is 0 Å². The van der Waals surface area contributed by atoms with Gasteiger partial charge in [-0.25, -0.2) is 8.42 Å². The first-order valence-corrected chi connectivity index (χ1v) is 10.7. The van der Waals surface area contributed by atoms with E-state index >= 15 is 0 Å². The number of benzene rings is 2. The molecule has 0 unspecified atom stereocenters. The molecular formula is C21H24N2O4S. The van der Waals surface area contributed by atoms with Crippen LogP contribution in [0.2, 0.25) is 0 Å². The fourth-order valence-corrected chi connectivity index (χ4v) is 4.64. The number of nitrogens with zero attached hydrogens (tertiary/aromatic N) is 1. The van der Waals surface area contributed by atoms with Gasteiger partial charge >= 0.3 is 0 Å². The van der Waals surface area contributed by atoms with Gasteiger partial charge in [-0.3, -0.25) is 9.59 Å². The molecule has 0 spiro atoms. The van der Waals surface area contributed by atoms with Crippen LogP contribution in [0.4, 0.5) is 5.69 Å². The van der Waals surface area contributed by atoms with Gasteiger partial charge in [-0.05, 0) is 62.1 Å². The van der Waals surface area contributed by atoms with Crippen molar-refractivity contribution >= 4 is 27.4 Å². The van der Waals surface area contributed by atoms with E-state index in [1.54, 1.807) is 24.3 Å². The number of rotatable bonds is 5. The number of sulfonamides is 1. The molecule has 0 radical (unpaired) electrons. The maximum Gasteiger partial charge on any atom is 0.255 e. The number of Topliss-reactive ketones (excluding diaryl/α,β-unsaturated/α-hetero) is 1. The summed E-state index contributed by atoms with van der Waals surface area (Å²) in [6.07, 6.45) is 1.72. The van der Waals surface area contributed by atoms with Crippen molar-refractivity contribution in [3.63, 3.8) is 0 Å². The first-order valence-electron chi connectivity index (χ1n) is 9.30. The van der Waals surface area contributed by atoms with Crippen molar-refractivity contribution in [2.24, 2.45) is 5.92 Å². The van der Waals surface area contributed by atoms with Gasteiger partial charge in [-0.2, -0.15) is 4.31 Å². The molecule has 2 aromatic carbocycles. The van der Waals surface area contributed by atoms with Gasteiger partial charge in [0.25, 0.3) is 5.91 Å². The first-order chi connectivity index (χ1) is 13.3. The monoisotopic (exact) mass is 400 g/mol. The number of hydrogen-bond acceptors (Lipinski definition) is 4. The molecule has 0 saturated carbocycles. The van der Waals surface area contributed by atoms with Crippen LogP contribution in [0.15, 0.2) is 53.4 Å². The normalized spacial score (nSPS) is 15.9. The first kappa shape index (κ1) is 20.2. The van der Waals surface area contributed by atoms with E-state index < -0.39 is 10.0 Å². The Morgan fingerprint density at radius 1 is 1.00 bits per heavy atom. The predicted octanol–water partition coefficient (Wildman–Crippen LogP) is 3.56. The lowest BCUT2D eigenvalue weighted by Crippen LogP contribution is -2.37. The molecule has 6 nitrogen and oxygen atoms in total. The number of carbonyl (C=O) groups excluding carboxylic acids is 2. The smallest absolute Gasteiger partial charge is 0.255 e. The van der Waals surface area contributed by atoms with Crippen LogP contribution >= 0.6 is 0 Å². The third kappa shape index (κ3) is 4.48. The highest BCUT2D eigenvalue weighted by molar-refractivity contribution is 7.89. The largest absolute Gasteiger partial charge is 0.322 e. The summed E-state index contributed by atoms with van der Waals surface area (Å²) in [6.45, 7) is 4.64. The Balaban J connectivity index is 1.72. The van der Waals surface area contributed by atoms with Crippen LogP contribution in [0, 0.1) is 5.92 Å². The highest BCUT2D eigenvalue weighted by atomic mass is 32.2. The Morgan fingerprint density at radius 3 is 2.25 bits per heavy atom. The Labute approximate surface area is 165 Å². The van der Waals surface area contributed by atoms with Crippen molar-refractivity contribution in [1.82, 2.24) is 4.31 Å². The van der Waals surface area contributed by atoms with Gasteiger partial charge < -0.3 is 5.32 Å². The van der Waals surface area contributed by atoms with Crippen molar-refractivity contribution in [3.05, 3.63) is 59.7 Å². The number of hydrogen-bond donors (Lipinski definition) is 1. The van der Waals surface area contributed by atoms with Crippen LogP contribution in [0.1, 0.15) is 47.4 Å². The number of ketones is 1. The van der Waals surface area contributed by atoms with Crippen LogP contribution in [0.5, 0.6) is 0 Å². The molecule has 7 heteroatoms. The molecule has 1 aliphatic heterocycles. The zero-order valence-electron chi connectivity index (χ0n) is 16.0. The summed E-state index contributed by atoms with van der Waals surface area (Å²) >= 11 is 0. The Bertz CT molecular complexity index is 976. The maximum atomic E-state index is 12.8. The Kier molecular flexibility index (Phi) is 5.96. The molecule has 148 valence electrons. The zero-order chi connectivity index (χ0) is 20.3. The molecule has 1 fully saturated rings. The zero-order valence-corrected chi connectivity index (χ0v) is 16.8. The van der Waals surface area contributed by atoms with Crippen LogP contribution < -0.4 is 5.32 Å². The quantitative estimate of drug-likeness (QED) is 0.778. The Hall–Kier alpha value is -2.51. The SMILES string of the molecule is CC(=O)c1cccc(NC(=O)c2ccc(S(=O)(=O)N3CCC(C)CC3)cc2)c1. The average Bonchev–Trinajstić information content (AvgIpc) is 2.68. The van der Waals surface area contributed by atoms with Crippen molar-refractivity contribution < 1.29 is 18.0 Å². The molecular weight excluding hydrogens is 376 g/mol. The lowest BCUT2D eigenvalue weighted by Gasteiger charge is -2.29. The molecule has 1 N–H and O–H groups in total. The molecule has 0 bridgehead atoms. The predicted molar refractivity (Wildman–Crippen MR) is 108 cm³/mol. The average molecular weight is 401 g/mol. The minimum Gasteiger partial charge on any atom is -0.322 e. The molecule has 1 amide bonds. The van der Waals surface area contributed by atoms with Crippen LogP contribution in [-0.4, -0.2) is 37.5 Å². The van der Waals surface area contributed by atoms with Gasteiger partial charge in [-0.15, -0.1) is 0 Å². The van der Waals surface area contributed by atoms with Crippen molar-refractivity contribution in [3.8, 4) is 0 Å². The number of amides is 1. The third-order valence-corrected chi connectivity index (χ3v) is 6.94.